The first kappa shape index (κ1) is 24.3. The summed E-state index contributed by atoms with van der Waals surface area (Å²) in [6.07, 6.45) is 7.83. The number of hydrogen-bond acceptors (Lipinski definition) is 4. The van der Waals surface area contributed by atoms with E-state index in [2.05, 4.69) is 77.1 Å². The quantitative estimate of drug-likeness (QED) is 0.235. The van der Waals surface area contributed by atoms with Crippen LogP contribution in [0.15, 0.2) is 69.1 Å². The Morgan fingerprint density at radius 1 is 0.605 bits per heavy atom. The van der Waals surface area contributed by atoms with Crippen molar-refractivity contribution in [1.82, 2.24) is 9.80 Å². The fourth-order valence-corrected chi connectivity index (χ4v) is 7.67. The Balaban J connectivity index is 1.58. The molecule has 2 fully saturated rings. The van der Waals surface area contributed by atoms with E-state index in [-0.39, 0.29) is 0 Å². The minimum atomic E-state index is -1.12. The van der Waals surface area contributed by atoms with E-state index >= 15 is 0 Å². The molecule has 2 aliphatic rings. The van der Waals surface area contributed by atoms with Gasteiger partial charge in [-0.1, -0.05) is 61.4 Å². The molecule has 2 aliphatic heterocycles. The van der Waals surface area contributed by atoms with Crippen LogP contribution < -0.4 is 0 Å². The SMILES string of the molecule is Cp1oc2c(CN3CCCCC3)cc3ccccc3c2c2c(o1)c(CN1CCCCC1)cc1ccccc12. The summed E-state index contributed by atoms with van der Waals surface area (Å²) in [5.74, 6) is 0. The van der Waals surface area contributed by atoms with Crippen LogP contribution in [0.2, 0.25) is 0 Å². The number of rotatable bonds is 4. The van der Waals surface area contributed by atoms with Gasteiger partial charge in [-0.15, -0.1) is 0 Å². The molecule has 0 bridgehead atoms. The van der Waals surface area contributed by atoms with E-state index < -0.39 is 8.01 Å². The standard InChI is InChI=1S/C33H37N2O2P/c1-38-36-32-26(22-34-16-8-2-9-17-34)20-24-12-4-6-14-28(24)30(32)31-29-15-7-5-13-25(29)21-27(33(31)37-38)23-35-18-10-3-11-19-35/h4-7,12-15,20-21H,2-3,8-11,16-19,22-23H2,1H3. The fraction of sp³-hybridized carbons (Fsp3) is 0.394. The second-order valence-corrected chi connectivity index (χ2v) is 12.5. The zero-order valence-corrected chi connectivity index (χ0v) is 23.3. The Bertz CT molecular complexity index is 1540. The Labute approximate surface area is 225 Å². The summed E-state index contributed by atoms with van der Waals surface area (Å²) in [6, 6.07) is 22.4. The summed E-state index contributed by atoms with van der Waals surface area (Å²) in [7, 11) is -1.12. The monoisotopic (exact) mass is 524 g/mol. The van der Waals surface area contributed by atoms with Gasteiger partial charge in [0.15, 0.2) is 0 Å². The molecule has 0 aliphatic carbocycles. The highest BCUT2D eigenvalue weighted by atomic mass is 31.1. The molecular formula is C33H37N2O2P. The van der Waals surface area contributed by atoms with E-state index in [1.165, 1.54) is 108 Å². The lowest BCUT2D eigenvalue weighted by Crippen LogP contribution is -2.29. The molecule has 2 saturated heterocycles. The van der Waals surface area contributed by atoms with Crippen molar-refractivity contribution in [2.24, 2.45) is 6.66 Å². The number of nitrogens with zero attached hydrogens (tertiary/aromatic N) is 2. The van der Waals surface area contributed by atoms with Crippen molar-refractivity contribution in [3.8, 4) is 0 Å². The first-order chi connectivity index (χ1) is 18.7. The maximum atomic E-state index is 6.82. The third-order valence-electron chi connectivity index (χ3n) is 8.53. The summed E-state index contributed by atoms with van der Waals surface area (Å²) in [5.41, 5.74) is 4.64. The van der Waals surface area contributed by atoms with Crippen LogP contribution in [0, 0.1) is 0 Å². The van der Waals surface area contributed by atoms with Crippen LogP contribution in [0.3, 0.4) is 0 Å². The van der Waals surface area contributed by atoms with E-state index in [0.717, 1.165) is 24.3 Å². The number of aryl methyl sites for hydroxylation is 1. The number of fused-ring (bicyclic) bond motifs is 7. The normalized spacial score (nSPS) is 17.6. The average Bonchev–Trinajstić information content (AvgIpc) is 3.11. The Morgan fingerprint density at radius 2 is 1.03 bits per heavy atom. The van der Waals surface area contributed by atoms with Crippen LogP contribution in [0.4, 0.5) is 0 Å². The number of hydrogen-bond donors (Lipinski definition) is 0. The molecule has 38 heavy (non-hydrogen) atoms. The van der Waals surface area contributed by atoms with Crippen LogP contribution in [0.1, 0.15) is 49.7 Å². The van der Waals surface area contributed by atoms with Gasteiger partial charge in [-0.05, 0) is 85.5 Å². The number of piperidine rings is 2. The van der Waals surface area contributed by atoms with E-state index in [0.29, 0.717) is 0 Å². The molecule has 1 aromatic heterocycles. The van der Waals surface area contributed by atoms with E-state index in [1.807, 2.05) is 0 Å². The Morgan fingerprint density at radius 3 is 1.47 bits per heavy atom. The molecule has 0 unspecified atom stereocenters. The topological polar surface area (TPSA) is 32.8 Å². The predicted molar refractivity (Wildman–Crippen MR) is 161 cm³/mol. The van der Waals surface area contributed by atoms with Crippen molar-refractivity contribution in [1.29, 1.82) is 0 Å². The zero-order valence-electron chi connectivity index (χ0n) is 22.4. The summed E-state index contributed by atoms with van der Waals surface area (Å²) < 4.78 is 13.6. The molecule has 0 N–H and O–H groups in total. The smallest absolute Gasteiger partial charge is 0.213 e. The predicted octanol–water partition coefficient (Wildman–Crippen LogP) is 9.11. The maximum absolute atomic E-state index is 6.82. The zero-order chi connectivity index (χ0) is 25.5. The molecule has 0 atom stereocenters. The number of benzene rings is 4. The summed E-state index contributed by atoms with van der Waals surface area (Å²) >= 11 is 0. The largest absolute Gasteiger partial charge is 0.419 e. The van der Waals surface area contributed by atoms with Crippen LogP contribution in [0.5, 0.6) is 0 Å². The van der Waals surface area contributed by atoms with Crippen LogP contribution in [0.25, 0.3) is 43.5 Å². The first-order valence-electron chi connectivity index (χ1n) is 14.4. The van der Waals surface area contributed by atoms with Crippen molar-refractivity contribution in [3.63, 3.8) is 0 Å². The molecule has 7 rings (SSSR count). The van der Waals surface area contributed by atoms with Gasteiger partial charge in [-0.2, -0.15) is 0 Å². The summed E-state index contributed by atoms with van der Waals surface area (Å²) in [4.78, 5) is 5.21. The second kappa shape index (κ2) is 10.4. The Kier molecular flexibility index (Phi) is 6.65. The van der Waals surface area contributed by atoms with Gasteiger partial charge in [-0.25, -0.2) is 0 Å². The average molecular weight is 525 g/mol. The fourth-order valence-electron chi connectivity index (χ4n) is 6.71. The van der Waals surface area contributed by atoms with Gasteiger partial charge in [-0.3, -0.25) is 9.80 Å². The van der Waals surface area contributed by atoms with Crippen molar-refractivity contribution in [3.05, 3.63) is 71.8 Å². The summed E-state index contributed by atoms with van der Waals surface area (Å²) in [5, 5.41) is 7.49. The van der Waals surface area contributed by atoms with Gasteiger partial charge < -0.3 is 8.39 Å². The first-order valence-corrected chi connectivity index (χ1v) is 16.0. The molecule has 196 valence electrons. The van der Waals surface area contributed by atoms with Gasteiger partial charge in [0.25, 0.3) is 0 Å². The highest BCUT2D eigenvalue weighted by Crippen LogP contribution is 2.43. The lowest BCUT2D eigenvalue weighted by atomic mass is 9.94. The van der Waals surface area contributed by atoms with E-state index in [4.69, 9.17) is 8.39 Å². The highest BCUT2D eigenvalue weighted by molar-refractivity contribution is 7.35. The van der Waals surface area contributed by atoms with E-state index in [1.54, 1.807) is 0 Å². The van der Waals surface area contributed by atoms with Crippen molar-refractivity contribution >= 4 is 51.5 Å². The van der Waals surface area contributed by atoms with Gasteiger partial charge in [0.1, 0.15) is 11.2 Å². The lowest BCUT2D eigenvalue weighted by Gasteiger charge is -2.27. The van der Waals surface area contributed by atoms with E-state index in [9.17, 15) is 0 Å². The minimum absolute atomic E-state index is 0.928. The third-order valence-corrected chi connectivity index (χ3v) is 9.41. The van der Waals surface area contributed by atoms with Gasteiger partial charge >= 0.3 is 0 Å². The third kappa shape index (κ3) is 4.53. The molecule has 0 spiro atoms. The molecule has 0 saturated carbocycles. The number of likely N-dealkylation sites (tertiary alicyclic amines) is 2. The molecule has 5 aromatic rings. The second-order valence-electron chi connectivity index (χ2n) is 11.2. The lowest BCUT2D eigenvalue weighted by molar-refractivity contribution is 0.221. The minimum Gasteiger partial charge on any atom is -0.419 e. The van der Waals surface area contributed by atoms with Gasteiger partial charge in [0, 0.05) is 41.7 Å². The van der Waals surface area contributed by atoms with Crippen molar-refractivity contribution in [2.75, 3.05) is 26.2 Å². The van der Waals surface area contributed by atoms with Crippen molar-refractivity contribution < 1.29 is 8.39 Å². The maximum Gasteiger partial charge on any atom is 0.213 e. The molecule has 4 aromatic carbocycles. The summed E-state index contributed by atoms with van der Waals surface area (Å²) in [6.45, 7) is 8.63. The molecule has 0 radical (unpaired) electrons. The molecule has 5 heteroatoms. The van der Waals surface area contributed by atoms with Gasteiger partial charge in [0.05, 0.1) is 0 Å². The van der Waals surface area contributed by atoms with Crippen LogP contribution >= 0.6 is 8.01 Å². The van der Waals surface area contributed by atoms with Gasteiger partial charge in [0.2, 0.25) is 8.01 Å². The van der Waals surface area contributed by atoms with Crippen LogP contribution in [-0.2, 0) is 19.8 Å². The molecule has 4 nitrogen and oxygen atoms in total. The highest BCUT2D eigenvalue weighted by Gasteiger charge is 2.21. The van der Waals surface area contributed by atoms with Crippen LogP contribution in [-0.4, -0.2) is 36.0 Å². The van der Waals surface area contributed by atoms with Crippen molar-refractivity contribution in [2.45, 2.75) is 51.6 Å². The molecular weight excluding hydrogens is 487 g/mol. The Hall–Kier alpha value is -2.78. The molecule has 0 amide bonds. The molecule has 3 heterocycles.